The zero-order chi connectivity index (χ0) is 10.7. The minimum atomic E-state index is -0.499. The van der Waals surface area contributed by atoms with Crippen LogP contribution in [0.2, 0.25) is 0 Å². The molecule has 1 radical (unpaired) electrons. The Kier molecular flexibility index (Phi) is 3.59. The van der Waals surface area contributed by atoms with Crippen LogP contribution in [0.5, 0.6) is 0 Å². The number of fused-ring (bicyclic) bond motifs is 1. The monoisotopic (exact) mass is 311 g/mol. The first-order chi connectivity index (χ1) is 7.27. The molecule has 0 aliphatic rings. The van der Waals surface area contributed by atoms with E-state index in [2.05, 4.69) is 30.3 Å². The Balaban J connectivity index is 2.34. The normalized spacial score (nSPS) is 12.9. The molecule has 0 bridgehead atoms. The molecular formula is C13H12IO. The van der Waals surface area contributed by atoms with Crippen molar-refractivity contribution < 1.29 is 5.11 Å². The molecule has 2 aromatic carbocycles. The van der Waals surface area contributed by atoms with Gasteiger partial charge >= 0.3 is 0 Å². The van der Waals surface area contributed by atoms with Gasteiger partial charge in [-0.1, -0.05) is 42.5 Å². The number of rotatable bonds is 3. The second kappa shape index (κ2) is 4.94. The Morgan fingerprint density at radius 1 is 1.07 bits per heavy atom. The predicted octanol–water partition coefficient (Wildman–Crippen LogP) is 3.96. The van der Waals surface area contributed by atoms with Crippen molar-refractivity contribution in [2.24, 2.45) is 0 Å². The standard InChI is InChI=1S/C13H12IO/c14-13(15)9-8-11-6-3-5-10-4-1-2-7-12(10)11/h1-7,13H,8-9H2. The van der Waals surface area contributed by atoms with E-state index < -0.39 is 4.11 Å². The fourth-order valence-corrected chi connectivity index (χ4v) is 2.09. The third kappa shape index (κ3) is 2.69. The average Bonchev–Trinajstić information content (AvgIpc) is 2.26. The molecule has 0 aliphatic heterocycles. The van der Waals surface area contributed by atoms with Gasteiger partial charge in [0, 0.05) is 0 Å². The second-order valence-corrected chi connectivity index (χ2v) is 4.98. The summed E-state index contributed by atoms with van der Waals surface area (Å²) in [7, 11) is 0. The Morgan fingerprint density at radius 3 is 2.60 bits per heavy atom. The van der Waals surface area contributed by atoms with Crippen LogP contribution in [0.15, 0.2) is 42.5 Å². The first-order valence-electron chi connectivity index (χ1n) is 5.04. The highest BCUT2D eigenvalue weighted by atomic mass is 127. The van der Waals surface area contributed by atoms with Crippen molar-refractivity contribution in [1.29, 1.82) is 0 Å². The SMILES string of the molecule is [O]C(I)CCc1cccc2ccccc12. The fourth-order valence-electron chi connectivity index (χ4n) is 1.78. The molecule has 2 heteroatoms. The van der Waals surface area contributed by atoms with Crippen LogP contribution in [0.25, 0.3) is 10.8 Å². The molecule has 0 N–H and O–H groups in total. The molecule has 0 aliphatic carbocycles. The fraction of sp³-hybridized carbons (Fsp3) is 0.231. The third-order valence-electron chi connectivity index (χ3n) is 2.52. The molecular weight excluding hydrogens is 299 g/mol. The van der Waals surface area contributed by atoms with Crippen molar-refractivity contribution in [3.8, 4) is 0 Å². The van der Waals surface area contributed by atoms with Gasteiger partial charge in [0.1, 0.15) is 4.11 Å². The van der Waals surface area contributed by atoms with Gasteiger partial charge in [-0.3, -0.25) is 0 Å². The smallest absolute Gasteiger partial charge is 0.144 e. The summed E-state index contributed by atoms with van der Waals surface area (Å²) < 4.78 is -0.499. The van der Waals surface area contributed by atoms with Gasteiger partial charge in [-0.2, -0.15) is 0 Å². The Bertz CT molecular complexity index is 446. The quantitative estimate of drug-likeness (QED) is 0.604. The van der Waals surface area contributed by atoms with Crippen LogP contribution in [0.1, 0.15) is 12.0 Å². The van der Waals surface area contributed by atoms with E-state index in [0.29, 0.717) is 6.42 Å². The van der Waals surface area contributed by atoms with Gasteiger partial charge in [-0.15, -0.1) is 0 Å². The first kappa shape index (κ1) is 10.9. The summed E-state index contributed by atoms with van der Waals surface area (Å²) >= 11 is 1.94. The van der Waals surface area contributed by atoms with Gasteiger partial charge in [0.2, 0.25) is 0 Å². The predicted molar refractivity (Wildman–Crippen MR) is 70.8 cm³/mol. The van der Waals surface area contributed by atoms with Gasteiger partial charge in [0.05, 0.1) is 0 Å². The van der Waals surface area contributed by atoms with Crippen LogP contribution in [-0.4, -0.2) is 4.11 Å². The zero-order valence-corrected chi connectivity index (χ0v) is 10.5. The second-order valence-electron chi connectivity index (χ2n) is 3.59. The van der Waals surface area contributed by atoms with Crippen molar-refractivity contribution in [3.63, 3.8) is 0 Å². The number of benzene rings is 2. The van der Waals surface area contributed by atoms with Gasteiger partial charge in [0.25, 0.3) is 0 Å². The summed E-state index contributed by atoms with van der Waals surface area (Å²) in [6, 6.07) is 14.6. The van der Waals surface area contributed by atoms with Crippen molar-refractivity contribution in [3.05, 3.63) is 48.0 Å². The van der Waals surface area contributed by atoms with Crippen LogP contribution in [-0.2, 0) is 11.5 Å². The largest absolute Gasteiger partial charge is 0.222 e. The summed E-state index contributed by atoms with van der Waals surface area (Å²) in [4.78, 5) is 0. The van der Waals surface area contributed by atoms with Crippen LogP contribution >= 0.6 is 22.6 Å². The van der Waals surface area contributed by atoms with Crippen LogP contribution in [0.4, 0.5) is 0 Å². The van der Waals surface area contributed by atoms with Crippen LogP contribution in [0, 0.1) is 0 Å². The topological polar surface area (TPSA) is 19.9 Å². The molecule has 0 saturated heterocycles. The van der Waals surface area contributed by atoms with E-state index >= 15 is 0 Å². The molecule has 0 spiro atoms. The van der Waals surface area contributed by atoms with E-state index in [9.17, 15) is 5.11 Å². The molecule has 0 saturated carbocycles. The number of hydrogen-bond donors (Lipinski definition) is 0. The summed E-state index contributed by atoms with van der Waals surface area (Å²) in [5.74, 6) is 0. The lowest BCUT2D eigenvalue weighted by Crippen LogP contribution is -1.96. The molecule has 2 rings (SSSR count). The molecule has 15 heavy (non-hydrogen) atoms. The third-order valence-corrected chi connectivity index (χ3v) is 3.14. The minimum Gasteiger partial charge on any atom is -0.222 e. The number of hydrogen-bond acceptors (Lipinski definition) is 0. The summed E-state index contributed by atoms with van der Waals surface area (Å²) in [6.07, 6.45) is 1.58. The number of aryl methyl sites for hydroxylation is 1. The Labute approximate surface area is 103 Å². The molecule has 0 amide bonds. The lowest BCUT2D eigenvalue weighted by molar-refractivity contribution is 0.171. The lowest BCUT2D eigenvalue weighted by Gasteiger charge is -2.06. The van der Waals surface area contributed by atoms with E-state index in [-0.39, 0.29) is 0 Å². The molecule has 0 fully saturated rings. The van der Waals surface area contributed by atoms with E-state index in [1.807, 2.05) is 34.7 Å². The average molecular weight is 311 g/mol. The van der Waals surface area contributed by atoms with E-state index in [0.717, 1.165) is 6.42 Å². The summed E-state index contributed by atoms with van der Waals surface area (Å²) in [6.45, 7) is 0. The van der Waals surface area contributed by atoms with Crippen LogP contribution < -0.4 is 0 Å². The van der Waals surface area contributed by atoms with Gasteiger partial charge in [0.15, 0.2) is 0 Å². The molecule has 1 nitrogen and oxygen atoms in total. The summed E-state index contributed by atoms with van der Waals surface area (Å²) in [5, 5.41) is 13.6. The molecule has 77 valence electrons. The molecule has 1 atom stereocenters. The van der Waals surface area contributed by atoms with Gasteiger partial charge in [-0.05, 0) is 51.8 Å². The molecule has 1 unspecified atom stereocenters. The van der Waals surface area contributed by atoms with Crippen molar-refractivity contribution >= 4 is 33.4 Å². The highest BCUT2D eigenvalue weighted by Crippen LogP contribution is 2.20. The number of halogens is 1. The maximum atomic E-state index is 11.0. The van der Waals surface area contributed by atoms with Crippen molar-refractivity contribution in [1.82, 2.24) is 0 Å². The van der Waals surface area contributed by atoms with Crippen molar-refractivity contribution in [2.45, 2.75) is 17.0 Å². The maximum Gasteiger partial charge on any atom is 0.144 e. The van der Waals surface area contributed by atoms with Gasteiger partial charge in [-0.25, -0.2) is 5.11 Å². The first-order valence-corrected chi connectivity index (χ1v) is 6.28. The highest BCUT2D eigenvalue weighted by Gasteiger charge is 2.03. The Morgan fingerprint density at radius 2 is 1.80 bits per heavy atom. The zero-order valence-electron chi connectivity index (χ0n) is 8.32. The Hall–Kier alpha value is -0.610. The lowest BCUT2D eigenvalue weighted by atomic mass is 10.0. The van der Waals surface area contributed by atoms with E-state index in [1.165, 1.54) is 16.3 Å². The molecule has 2 aromatic rings. The van der Waals surface area contributed by atoms with E-state index in [4.69, 9.17) is 0 Å². The molecule has 0 heterocycles. The van der Waals surface area contributed by atoms with E-state index in [1.54, 1.807) is 0 Å². The van der Waals surface area contributed by atoms with Crippen molar-refractivity contribution in [2.75, 3.05) is 0 Å². The minimum absolute atomic E-state index is 0.499. The number of alkyl halides is 1. The summed E-state index contributed by atoms with van der Waals surface area (Å²) in [5.41, 5.74) is 1.28. The van der Waals surface area contributed by atoms with Gasteiger partial charge < -0.3 is 0 Å². The highest BCUT2D eigenvalue weighted by molar-refractivity contribution is 14.1. The maximum absolute atomic E-state index is 11.0. The van der Waals surface area contributed by atoms with Crippen LogP contribution in [0.3, 0.4) is 0 Å². The molecule has 0 aromatic heterocycles.